The van der Waals surface area contributed by atoms with Gasteiger partial charge in [-0.1, -0.05) is 0 Å². The van der Waals surface area contributed by atoms with Crippen LogP contribution in [0, 0.1) is 0 Å². The fraction of sp³-hybridized carbons (Fsp3) is 0.889. The van der Waals surface area contributed by atoms with Crippen LogP contribution in [0.25, 0.3) is 0 Å². The first-order valence-corrected chi connectivity index (χ1v) is 7.49. The average molecular weight is 254 g/mol. The molecule has 0 aliphatic rings. The van der Waals surface area contributed by atoms with Crippen LogP contribution in [-0.2, 0) is 14.6 Å². The van der Waals surface area contributed by atoms with E-state index in [0.29, 0.717) is 11.5 Å². The molecule has 0 radical (unpaired) electrons. The Morgan fingerprint density at radius 2 is 1.80 bits per heavy atom. The van der Waals surface area contributed by atoms with E-state index in [4.69, 9.17) is 5.11 Å². The summed E-state index contributed by atoms with van der Waals surface area (Å²) < 4.78 is 22.5. The Morgan fingerprint density at radius 1 is 1.27 bits per heavy atom. The molecule has 0 bridgehead atoms. The number of thioether (sulfide) groups is 1. The quantitative estimate of drug-likeness (QED) is 0.726. The van der Waals surface area contributed by atoms with Crippen LogP contribution in [0.4, 0.5) is 0 Å². The van der Waals surface area contributed by atoms with E-state index < -0.39 is 20.6 Å². The summed E-state index contributed by atoms with van der Waals surface area (Å²) in [6.45, 7) is 5.01. The van der Waals surface area contributed by atoms with E-state index in [1.807, 2.05) is 0 Å². The van der Waals surface area contributed by atoms with Crippen LogP contribution in [0.5, 0.6) is 0 Å². The predicted octanol–water partition coefficient (Wildman–Crippen LogP) is 1.41. The first-order chi connectivity index (χ1) is 6.67. The van der Waals surface area contributed by atoms with E-state index in [1.54, 1.807) is 20.8 Å². The summed E-state index contributed by atoms with van der Waals surface area (Å²) in [7, 11) is -3.07. The second-order valence-corrected chi connectivity index (χ2v) is 8.27. The Bertz CT molecular complexity index is 301. The summed E-state index contributed by atoms with van der Waals surface area (Å²) in [4.78, 5) is 10.2. The fourth-order valence-electron chi connectivity index (χ4n) is 0.736. The van der Waals surface area contributed by atoms with Crippen LogP contribution in [0.15, 0.2) is 0 Å². The molecule has 0 amide bonds. The molecule has 15 heavy (non-hydrogen) atoms. The maximum Gasteiger partial charge on any atom is 0.304 e. The summed E-state index contributed by atoms with van der Waals surface area (Å²) in [5.41, 5.74) is 0. The molecule has 0 rings (SSSR count). The minimum Gasteiger partial charge on any atom is -0.481 e. The number of carbonyl (C=O) groups is 1. The van der Waals surface area contributed by atoms with Crippen molar-refractivity contribution < 1.29 is 18.3 Å². The molecule has 0 aliphatic heterocycles. The zero-order chi connectivity index (χ0) is 12.1. The van der Waals surface area contributed by atoms with Gasteiger partial charge < -0.3 is 5.11 Å². The third-order valence-corrected chi connectivity index (χ3v) is 5.74. The van der Waals surface area contributed by atoms with E-state index in [2.05, 4.69) is 0 Å². The molecular formula is C9H18O4S2. The lowest BCUT2D eigenvalue weighted by Gasteiger charge is -2.18. The Hall–Kier alpha value is -0.230. The number of carboxylic acid groups (broad SMARTS) is 1. The maximum absolute atomic E-state index is 11.6. The van der Waals surface area contributed by atoms with Crippen LogP contribution < -0.4 is 0 Å². The lowest BCUT2D eigenvalue weighted by atomic mass is 10.3. The molecule has 90 valence electrons. The van der Waals surface area contributed by atoms with E-state index in [9.17, 15) is 13.2 Å². The molecule has 0 unspecified atom stereocenters. The van der Waals surface area contributed by atoms with Gasteiger partial charge in [0.1, 0.15) is 0 Å². The highest BCUT2D eigenvalue weighted by Gasteiger charge is 2.28. The second-order valence-electron chi connectivity index (χ2n) is 4.19. The third kappa shape index (κ3) is 6.04. The average Bonchev–Trinajstić information content (AvgIpc) is 2.00. The highest BCUT2D eigenvalue weighted by molar-refractivity contribution is 8.00. The Kier molecular flexibility index (Phi) is 5.66. The molecule has 0 saturated carbocycles. The third-order valence-electron chi connectivity index (χ3n) is 1.89. The van der Waals surface area contributed by atoms with Crippen molar-refractivity contribution >= 4 is 27.6 Å². The van der Waals surface area contributed by atoms with Crippen LogP contribution in [-0.4, -0.2) is 41.5 Å². The molecule has 0 aliphatic carbocycles. The zero-order valence-electron chi connectivity index (χ0n) is 9.32. The molecule has 0 heterocycles. The van der Waals surface area contributed by atoms with Crippen molar-refractivity contribution in [2.75, 3.05) is 17.3 Å². The molecule has 0 aromatic rings. The molecule has 0 fully saturated rings. The molecule has 1 N–H and O–H groups in total. The SMILES string of the molecule is CC(C)(C)S(=O)(=O)CCSCCC(=O)O. The molecule has 6 heteroatoms. The van der Waals surface area contributed by atoms with Gasteiger partial charge in [0.15, 0.2) is 9.84 Å². The highest BCUT2D eigenvalue weighted by atomic mass is 32.2. The van der Waals surface area contributed by atoms with Gasteiger partial charge in [-0.25, -0.2) is 8.42 Å². The van der Waals surface area contributed by atoms with E-state index in [1.165, 1.54) is 11.8 Å². The Morgan fingerprint density at radius 3 is 2.20 bits per heavy atom. The molecule has 0 saturated heterocycles. The van der Waals surface area contributed by atoms with Crippen molar-refractivity contribution in [1.82, 2.24) is 0 Å². The number of hydrogen-bond donors (Lipinski definition) is 1. The van der Waals surface area contributed by atoms with E-state index in [-0.39, 0.29) is 12.2 Å². The minimum atomic E-state index is -3.07. The van der Waals surface area contributed by atoms with Gasteiger partial charge in [0, 0.05) is 11.5 Å². The van der Waals surface area contributed by atoms with Crippen LogP contribution >= 0.6 is 11.8 Å². The zero-order valence-corrected chi connectivity index (χ0v) is 10.9. The van der Waals surface area contributed by atoms with Crippen molar-refractivity contribution in [2.45, 2.75) is 31.9 Å². The van der Waals surface area contributed by atoms with Gasteiger partial charge in [0.05, 0.1) is 16.9 Å². The number of rotatable bonds is 6. The van der Waals surface area contributed by atoms with Crippen molar-refractivity contribution in [3.8, 4) is 0 Å². The van der Waals surface area contributed by atoms with Crippen LogP contribution in [0.3, 0.4) is 0 Å². The van der Waals surface area contributed by atoms with Gasteiger partial charge in [-0.2, -0.15) is 11.8 Å². The van der Waals surface area contributed by atoms with Gasteiger partial charge in [-0.15, -0.1) is 0 Å². The first-order valence-electron chi connectivity index (χ1n) is 4.68. The summed E-state index contributed by atoms with van der Waals surface area (Å²) >= 11 is 1.36. The normalized spacial score (nSPS) is 12.7. The lowest BCUT2D eigenvalue weighted by molar-refractivity contribution is -0.136. The molecule has 0 spiro atoms. The second kappa shape index (κ2) is 5.75. The summed E-state index contributed by atoms with van der Waals surface area (Å²) in [6, 6.07) is 0. The standard InChI is InChI=1S/C9H18O4S2/c1-9(2,3)15(12,13)7-6-14-5-4-8(10)11/h4-7H2,1-3H3,(H,10,11). The van der Waals surface area contributed by atoms with Gasteiger partial charge in [0.25, 0.3) is 0 Å². The summed E-state index contributed by atoms with van der Waals surface area (Å²) in [5.74, 6) is 0.198. The first kappa shape index (κ1) is 14.8. The summed E-state index contributed by atoms with van der Waals surface area (Å²) in [6.07, 6.45) is 0.0836. The number of sulfone groups is 1. The van der Waals surface area contributed by atoms with Gasteiger partial charge in [0.2, 0.25) is 0 Å². The molecule has 0 aromatic carbocycles. The van der Waals surface area contributed by atoms with Gasteiger partial charge >= 0.3 is 5.97 Å². The highest BCUT2D eigenvalue weighted by Crippen LogP contribution is 2.17. The smallest absolute Gasteiger partial charge is 0.304 e. The molecule has 0 aromatic heterocycles. The largest absolute Gasteiger partial charge is 0.481 e. The van der Waals surface area contributed by atoms with Crippen molar-refractivity contribution in [3.63, 3.8) is 0 Å². The lowest BCUT2D eigenvalue weighted by Crippen LogP contribution is -2.31. The molecular weight excluding hydrogens is 236 g/mol. The van der Waals surface area contributed by atoms with Crippen molar-refractivity contribution in [2.24, 2.45) is 0 Å². The monoisotopic (exact) mass is 254 g/mol. The minimum absolute atomic E-state index is 0.0836. The summed E-state index contributed by atoms with van der Waals surface area (Å²) in [5, 5.41) is 8.37. The van der Waals surface area contributed by atoms with Crippen LogP contribution in [0.2, 0.25) is 0 Å². The van der Waals surface area contributed by atoms with Crippen molar-refractivity contribution in [1.29, 1.82) is 0 Å². The topological polar surface area (TPSA) is 71.4 Å². The Labute approximate surface area is 95.4 Å². The fourth-order valence-corrected chi connectivity index (χ4v) is 3.22. The Balaban J connectivity index is 3.83. The number of hydrogen-bond acceptors (Lipinski definition) is 4. The van der Waals surface area contributed by atoms with Gasteiger partial charge in [-0.3, -0.25) is 4.79 Å². The molecule has 4 nitrogen and oxygen atoms in total. The maximum atomic E-state index is 11.6. The van der Waals surface area contributed by atoms with Crippen LogP contribution in [0.1, 0.15) is 27.2 Å². The number of carboxylic acids is 1. The van der Waals surface area contributed by atoms with E-state index >= 15 is 0 Å². The van der Waals surface area contributed by atoms with Crippen molar-refractivity contribution in [3.05, 3.63) is 0 Å². The molecule has 0 atom stereocenters. The predicted molar refractivity (Wildman–Crippen MR) is 63.1 cm³/mol. The van der Waals surface area contributed by atoms with E-state index in [0.717, 1.165) is 0 Å². The number of aliphatic carboxylic acids is 1. The van der Waals surface area contributed by atoms with Gasteiger partial charge in [-0.05, 0) is 20.8 Å².